The van der Waals surface area contributed by atoms with Gasteiger partial charge in [-0.3, -0.25) is 24.1 Å². The van der Waals surface area contributed by atoms with Crippen molar-refractivity contribution in [1.82, 2.24) is 24.8 Å². The smallest absolute Gasteiger partial charge is 0.307 e. The van der Waals surface area contributed by atoms with Crippen LogP contribution in [-0.4, -0.2) is 108 Å². The number of anilines is 2. The molecule has 0 saturated carbocycles. The monoisotopic (exact) mass is 2730 g/mol. The Morgan fingerprint density at radius 1 is 0.549 bits per heavy atom. The molecular weight excluding hydrogens is 2650 g/mol. The van der Waals surface area contributed by atoms with Crippen LogP contribution in [0, 0.1) is 36.2 Å². The molecule has 3 atom stereocenters. The van der Waals surface area contributed by atoms with Gasteiger partial charge in [0.25, 0.3) is 31.9 Å². The Kier molecular flexibility index (Phi) is 43.7. The number of hydrogen-bond acceptors (Lipinski definition) is 21. The number of imide groups is 1. The summed E-state index contributed by atoms with van der Waals surface area (Å²) in [6.45, 7) is 2.00. The Labute approximate surface area is 783 Å². The quantitative estimate of drug-likeness (QED) is 0.0225. The maximum absolute atomic E-state index is 14.3. The maximum Gasteiger partial charge on any atom is 0.307 e. The number of nitrogens with two attached hydrogens (primary N) is 1. The first-order valence-electron chi connectivity index (χ1n) is 34.4. The molecule has 4 aromatic heterocycles. The molecule has 7 heterocycles. The van der Waals surface area contributed by atoms with E-state index in [1.54, 1.807) is 141 Å². The third-order valence-electron chi connectivity index (χ3n) is 16.5. The molecule has 3 aliphatic heterocycles. The number of Topliss-reactive ketones (excluding diaryl/α,β-unsaturated/α-hetero) is 1. The van der Waals surface area contributed by atoms with Crippen LogP contribution < -0.4 is 29.6 Å². The summed E-state index contributed by atoms with van der Waals surface area (Å²) in [6.07, 6.45) is 11.9. The maximum atomic E-state index is 14.3. The van der Waals surface area contributed by atoms with E-state index in [9.17, 15) is 62.8 Å². The second kappa shape index (κ2) is 51.2. The molecule has 12 aromatic rings. The first kappa shape index (κ1) is 104. The van der Waals surface area contributed by atoms with Gasteiger partial charge in [0.2, 0.25) is 23.5 Å². The normalized spacial score (nSPS) is 13.6. The topological polar surface area (TPSA) is 365 Å². The number of ketones is 1. The van der Waals surface area contributed by atoms with Crippen molar-refractivity contribution >= 4 is 208 Å². The van der Waals surface area contributed by atoms with Gasteiger partial charge < -0.3 is 43.9 Å². The third kappa shape index (κ3) is 29.7. The molecule has 0 aliphatic carbocycles. The van der Waals surface area contributed by atoms with E-state index in [2.05, 4.69) is 114 Å². The van der Waals surface area contributed by atoms with Crippen LogP contribution in [0.4, 0.5) is 33.3 Å². The number of halogens is 14. The molecule has 0 fully saturated rings. The fraction of sp³-hybridized carbons (Fsp3) is 0.173. The van der Waals surface area contributed by atoms with E-state index >= 15 is 0 Å². The largest absolute Gasteiger partial charge is 0.481 e. The van der Waals surface area contributed by atoms with Gasteiger partial charge in [-0.1, -0.05) is 125 Å². The SMILES string of the molecule is C.C.C.CCOC(=O)C1=NS(=O)(=O)c2cc(I)ccc2N1.Fc1ccccc1Cc1ncco1.I[I-]I(I)I(I)I.NCC(c1ncco1)c1ccccc1F.O=C(CCC(c1ncco1)c1ccccc1F)C1=NS(=O)(=O)c2cc(I)ccc2N1.O=C(O)Cc1ccccc1F.O=C1c2ccccc2C(=O)N1CC(c1ncco1)c1ccccc1F. The van der Waals surface area contributed by atoms with E-state index in [4.69, 9.17) is 33.2 Å². The summed E-state index contributed by atoms with van der Waals surface area (Å²) in [6, 6.07) is 47.6. The van der Waals surface area contributed by atoms with E-state index in [1.165, 1.54) is 98.2 Å². The fourth-order valence-corrected chi connectivity index (χ4v) is 224. The molecule has 2 amide bonds. The van der Waals surface area contributed by atoms with E-state index in [-0.39, 0.29) is 133 Å². The molecule has 3 aliphatic rings. The molecule has 0 spiro atoms. The number of benzene rings is 8. The molecule has 3 unspecified atom stereocenters. The zero-order valence-corrected chi connectivity index (χ0v) is 82.2. The summed E-state index contributed by atoms with van der Waals surface area (Å²) in [5, 5.41) is 13.8. The van der Waals surface area contributed by atoms with Crippen molar-refractivity contribution < 1.29 is 104 Å². The van der Waals surface area contributed by atoms with Crippen LogP contribution in [0.25, 0.3) is 0 Å². The number of rotatable bonds is 21. The van der Waals surface area contributed by atoms with Gasteiger partial charge in [-0.2, -0.15) is 16.8 Å². The van der Waals surface area contributed by atoms with Crippen LogP contribution in [0.5, 0.6) is 0 Å². The Bertz CT molecular complexity index is 5750. The van der Waals surface area contributed by atoms with Crippen molar-refractivity contribution in [3.63, 3.8) is 0 Å². The molecule has 8 aromatic carbocycles. The predicted molar refractivity (Wildman–Crippen MR) is 519 cm³/mol. The minimum atomic E-state index is -3.99. The number of oxazole rings is 4. The standard InChI is InChI=1S/C20H15FIN3O4S.C19H13FN2O3.C11H11FN2O.C10H8FNO.C10H9IN2O4S.C8H7FO2.3CH4.I7/c21-15-4-2-1-3-13(15)14(20-23-9-10-29-20)6-8-17(26)19-24-16-7-5-12(22)11-18(16)30(27,28)25-19;20-16-8-4-3-5-12(16)15(17-21-9-10-25-17)11-22-18(23)13-6-1-2-7-14(13)19(22)24;12-10-4-2-1-3-8(10)9(7-13)11-14-5-6-15-11;11-9-4-2-1-3-8(9)7-10-12-5-6-13-10;1-2-17-10(14)9-12-7-4-3-6(11)5-8(7)18(15,16)13-9;9-7-4-2-1-3-6(7)5-8(10)11;;;;1-5-7(4)6(2)3/h1-5,7,9-11,14H,6,8H2,(H,24,25);1-10,15H,11H2;1-6,9H,7,13H2;1-6H,7H2;3-5H,2H2,1H3,(H,12,13);1-4H,5H2,(H,10,11);3*1H4;/q;;;;;;;;;-1. The molecule has 25 nitrogen and oxygen atoms in total. The number of carboxylic acid groups (broad SMARTS) is 1. The van der Waals surface area contributed by atoms with E-state index in [0.717, 1.165) is 12.0 Å². The number of nitrogens with zero attached hydrogens (tertiary/aromatic N) is 7. The number of esters is 1. The van der Waals surface area contributed by atoms with Crippen LogP contribution in [0.2, 0.25) is 0 Å². The van der Waals surface area contributed by atoms with Crippen LogP contribution in [-0.2, 0) is 52.0 Å². The van der Waals surface area contributed by atoms with Crippen molar-refractivity contribution in [3.8, 4) is 0 Å². The van der Waals surface area contributed by atoms with Gasteiger partial charge in [-0.15, -0.1) is 8.80 Å². The van der Waals surface area contributed by atoms with Crippen LogP contribution in [0.3, 0.4) is 0 Å². The Morgan fingerprint density at radius 3 is 1.36 bits per heavy atom. The average Bonchev–Trinajstić information content (AvgIpc) is 1.43. The van der Waals surface area contributed by atoms with Crippen molar-refractivity contribution in [2.45, 2.75) is 82.4 Å². The Balaban J connectivity index is 0.000000228. The number of ether oxygens (including phenoxy) is 1. The number of amides is 2. The molecule has 0 radical (unpaired) electrons. The number of amidine groups is 2. The zero-order valence-electron chi connectivity index (χ0n) is 61.1. The van der Waals surface area contributed by atoms with Crippen molar-refractivity contribution in [3.05, 3.63) is 331 Å². The number of aliphatic carboxylic acids is 1. The van der Waals surface area contributed by atoms with Gasteiger partial charge in [-0.25, -0.2) is 46.7 Å². The molecular formula is C81H75F5I9N10O15S2-. The second-order valence-electron chi connectivity index (χ2n) is 24.1. The van der Waals surface area contributed by atoms with Gasteiger partial charge in [0.05, 0.1) is 84.5 Å². The van der Waals surface area contributed by atoms with Crippen LogP contribution in [0.1, 0.15) is 132 Å². The number of carbonyl (C=O) groups excluding carboxylic acids is 4. The minimum Gasteiger partial charge on any atom is -0.481 e. The Hall–Kier alpha value is -6.63. The summed E-state index contributed by atoms with van der Waals surface area (Å²) in [5.41, 5.74) is 8.94. The summed E-state index contributed by atoms with van der Waals surface area (Å²) in [5.74, 6) is -5.61. The Morgan fingerprint density at radius 2 is 0.951 bits per heavy atom. The van der Waals surface area contributed by atoms with E-state index in [0.29, 0.717) is 76.2 Å². The number of carboxylic acids is 1. The van der Waals surface area contributed by atoms with Gasteiger partial charge in [0.15, 0.2) is 17.5 Å². The van der Waals surface area contributed by atoms with Crippen LogP contribution >= 0.6 is 135 Å². The summed E-state index contributed by atoms with van der Waals surface area (Å²) >= 11 is 15.4. The summed E-state index contributed by atoms with van der Waals surface area (Å²) in [7, 11) is -8.34. The fourth-order valence-electron chi connectivity index (χ4n) is 11.2. The molecule has 0 saturated heterocycles. The molecule has 650 valence electrons. The average molecular weight is 2730 g/mol. The molecule has 0 bridgehead atoms. The molecule has 122 heavy (non-hydrogen) atoms. The molecule has 5 N–H and O–H groups in total. The first-order valence-corrected chi connectivity index (χ1v) is 77.1. The number of nitrogens with one attached hydrogen (secondary N) is 2. The van der Waals surface area contributed by atoms with Crippen molar-refractivity contribution in [2.75, 3.05) is 30.3 Å². The van der Waals surface area contributed by atoms with Gasteiger partial charge in [0.1, 0.15) is 63.9 Å². The van der Waals surface area contributed by atoms with Gasteiger partial charge in [-0.05, 0) is 149 Å². The number of sulfonamides is 2. The number of aromatic nitrogens is 4. The number of carbonyl (C=O) groups is 5. The summed E-state index contributed by atoms with van der Waals surface area (Å²) < 4.78 is 151. The predicted octanol–water partition coefficient (Wildman–Crippen LogP) is 18.7. The van der Waals surface area contributed by atoms with Crippen molar-refractivity contribution in [2.24, 2.45) is 14.5 Å². The van der Waals surface area contributed by atoms with E-state index in [1.807, 2.05) is 45.2 Å². The number of fused-ring (bicyclic) bond motifs is 3. The zero-order chi connectivity index (χ0) is 85.9. The van der Waals surface area contributed by atoms with E-state index < -0.39 is 78.9 Å². The van der Waals surface area contributed by atoms with Crippen molar-refractivity contribution in [1.29, 1.82) is 0 Å². The number of hydrogen-bond donors (Lipinski definition) is 4. The first-order chi connectivity index (χ1) is 57.0. The summed E-state index contributed by atoms with van der Waals surface area (Å²) in [4.78, 5) is 76.9. The van der Waals surface area contributed by atoms with Crippen LogP contribution in [0.15, 0.2) is 268 Å². The third-order valence-corrected chi connectivity index (χ3v) is 268. The molecule has 41 heteroatoms. The molecule has 15 rings (SSSR count). The van der Waals surface area contributed by atoms with Gasteiger partial charge in [0, 0.05) is 43.3 Å². The van der Waals surface area contributed by atoms with Gasteiger partial charge >= 0.3 is 115 Å². The second-order valence-corrected chi connectivity index (χ2v) is 143. The minimum absolute atomic E-state index is 0.